The van der Waals surface area contributed by atoms with Crippen LogP contribution in [0.2, 0.25) is 0 Å². The van der Waals surface area contributed by atoms with Crippen LogP contribution >= 0.6 is 11.3 Å². The number of hydrogen-bond donors (Lipinski definition) is 2. The third-order valence-corrected chi connectivity index (χ3v) is 8.06. The van der Waals surface area contributed by atoms with Gasteiger partial charge in [-0.15, -0.1) is 11.3 Å². The van der Waals surface area contributed by atoms with Gasteiger partial charge in [0.05, 0.1) is 16.1 Å². The molecule has 6 nitrogen and oxygen atoms in total. The lowest BCUT2D eigenvalue weighted by molar-refractivity contribution is 0.0953. The van der Waals surface area contributed by atoms with Crippen molar-refractivity contribution in [2.45, 2.75) is 33.4 Å². The van der Waals surface area contributed by atoms with E-state index < -0.39 is 23.4 Å². The summed E-state index contributed by atoms with van der Waals surface area (Å²) in [5.74, 6) is -3.18. The van der Waals surface area contributed by atoms with E-state index in [1.807, 2.05) is 24.6 Å². The molecule has 0 saturated heterocycles. The predicted molar refractivity (Wildman–Crippen MR) is 163 cm³/mol. The number of thiophene rings is 1. The number of nitrogens with one attached hydrogen (secondary N) is 1. The van der Waals surface area contributed by atoms with E-state index in [1.54, 1.807) is 30.3 Å². The summed E-state index contributed by atoms with van der Waals surface area (Å²) in [6.07, 6.45) is 4.04. The molecule has 3 N–H and O–H groups in total. The van der Waals surface area contributed by atoms with Gasteiger partial charge < -0.3 is 15.6 Å². The topological polar surface area (TPSA) is 90.0 Å². The SMILES string of the molecule is C=Cc1cn(Cc2ccc(F)cc2)c2nc(CC(C)C)c(C(N)=O)c(-c3ccc(C(=O)NCc4ccc(F)c(F)c4)s3)c12. The van der Waals surface area contributed by atoms with Crippen LogP contribution in [0.3, 0.4) is 0 Å². The highest BCUT2D eigenvalue weighted by Crippen LogP contribution is 2.40. The van der Waals surface area contributed by atoms with Crippen molar-refractivity contribution >= 4 is 40.3 Å². The van der Waals surface area contributed by atoms with Crippen molar-refractivity contribution in [3.8, 4) is 10.4 Å². The zero-order chi connectivity index (χ0) is 30.8. The average molecular weight is 603 g/mol. The number of halogens is 3. The molecule has 43 heavy (non-hydrogen) atoms. The number of carbonyl (C=O) groups is 2. The second-order valence-electron chi connectivity index (χ2n) is 10.6. The van der Waals surface area contributed by atoms with Crippen LogP contribution in [0.5, 0.6) is 0 Å². The number of nitrogens with two attached hydrogens (primary N) is 1. The molecule has 0 radical (unpaired) electrons. The van der Waals surface area contributed by atoms with Gasteiger partial charge >= 0.3 is 0 Å². The zero-order valence-electron chi connectivity index (χ0n) is 23.6. The van der Waals surface area contributed by atoms with Crippen molar-refractivity contribution in [1.82, 2.24) is 14.9 Å². The first-order valence-electron chi connectivity index (χ1n) is 13.6. The van der Waals surface area contributed by atoms with Crippen LogP contribution in [0.15, 0.2) is 67.4 Å². The van der Waals surface area contributed by atoms with E-state index in [0.717, 1.165) is 23.3 Å². The number of primary amides is 1. The van der Waals surface area contributed by atoms with Gasteiger partial charge in [-0.3, -0.25) is 9.59 Å². The Morgan fingerprint density at radius 3 is 2.42 bits per heavy atom. The Morgan fingerprint density at radius 2 is 1.77 bits per heavy atom. The molecule has 0 aliphatic carbocycles. The molecule has 2 aromatic carbocycles. The third kappa shape index (κ3) is 6.24. The molecule has 3 aromatic heterocycles. The maximum atomic E-state index is 13.6. The lowest BCUT2D eigenvalue weighted by atomic mass is 9.94. The van der Waals surface area contributed by atoms with E-state index in [4.69, 9.17) is 10.7 Å². The van der Waals surface area contributed by atoms with Gasteiger partial charge in [-0.2, -0.15) is 0 Å². The molecule has 0 spiro atoms. The van der Waals surface area contributed by atoms with E-state index in [1.165, 1.54) is 29.5 Å². The Balaban J connectivity index is 1.61. The second-order valence-corrected chi connectivity index (χ2v) is 11.7. The summed E-state index contributed by atoms with van der Waals surface area (Å²) in [7, 11) is 0. The van der Waals surface area contributed by atoms with E-state index in [-0.39, 0.29) is 23.8 Å². The molecule has 0 aliphatic heterocycles. The van der Waals surface area contributed by atoms with E-state index in [9.17, 15) is 22.8 Å². The normalized spacial score (nSPS) is 11.3. The molecule has 0 aliphatic rings. The van der Waals surface area contributed by atoms with E-state index in [2.05, 4.69) is 11.9 Å². The molecule has 220 valence electrons. The fourth-order valence-electron chi connectivity index (χ4n) is 5.02. The summed E-state index contributed by atoms with van der Waals surface area (Å²) in [5.41, 5.74) is 9.95. The summed E-state index contributed by atoms with van der Waals surface area (Å²) in [4.78, 5) is 32.0. The first kappa shape index (κ1) is 29.8. The number of rotatable bonds is 10. The monoisotopic (exact) mass is 602 g/mol. The fourth-order valence-corrected chi connectivity index (χ4v) is 6.00. The van der Waals surface area contributed by atoms with Crippen LogP contribution in [0.1, 0.15) is 56.3 Å². The van der Waals surface area contributed by atoms with Crippen molar-refractivity contribution in [2.24, 2.45) is 11.7 Å². The molecule has 0 atom stereocenters. The van der Waals surface area contributed by atoms with Gasteiger partial charge in [-0.1, -0.05) is 44.7 Å². The lowest BCUT2D eigenvalue weighted by Gasteiger charge is -2.16. The average Bonchev–Trinajstić information content (AvgIpc) is 3.59. The Kier molecular flexibility index (Phi) is 8.50. The van der Waals surface area contributed by atoms with Crippen molar-refractivity contribution < 1.29 is 22.8 Å². The first-order valence-corrected chi connectivity index (χ1v) is 14.4. The van der Waals surface area contributed by atoms with Crippen LogP contribution in [0, 0.1) is 23.4 Å². The van der Waals surface area contributed by atoms with Gasteiger partial charge in [0, 0.05) is 40.7 Å². The summed E-state index contributed by atoms with van der Waals surface area (Å²) in [5, 5.41) is 3.39. The maximum Gasteiger partial charge on any atom is 0.261 e. The Bertz CT molecular complexity index is 1860. The fraction of sp³-hybridized carbons (Fsp3) is 0.182. The van der Waals surface area contributed by atoms with Crippen molar-refractivity contribution in [2.75, 3.05) is 0 Å². The van der Waals surface area contributed by atoms with Gasteiger partial charge in [0.15, 0.2) is 11.6 Å². The number of fused-ring (bicyclic) bond motifs is 1. The highest BCUT2D eigenvalue weighted by molar-refractivity contribution is 7.17. The summed E-state index contributed by atoms with van der Waals surface area (Å²) < 4.78 is 42.4. The number of pyridine rings is 1. The lowest BCUT2D eigenvalue weighted by Crippen LogP contribution is -2.21. The Morgan fingerprint density at radius 1 is 1.05 bits per heavy atom. The van der Waals surface area contributed by atoms with Crippen molar-refractivity contribution in [3.05, 3.63) is 118 Å². The second kappa shape index (κ2) is 12.3. The smallest absolute Gasteiger partial charge is 0.261 e. The van der Waals surface area contributed by atoms with Crippen molar-refractivity contribution in [3.63, 3.8) is 0 Å². The van der Waals surface area contributed by atoms with Crippen LogP contribution in [-0.2, 0) is 19.5 Å². The van der Waals surface area contributed by atoms with Gasteiger partial charge in [0.1, 0.15) is 11.5 Å². The summed E-state index contributed by atoms with van der Waals surface area (Å²) in [6, 6.07) is 13.0. The number of hydrogen-bond acceptors (Lipinski definition) is 4. The Hall–Kier alpha value is -4.70. The van der Waals surface area contributed by atoms with E-state index >= 15 is 0 Å². The van der Waals surface area contributed by atoms with Gasteiger partial charge in [0.25, 0.3) is 11.8 Å². The minimum absolute atomic E-state index is 0.000684. The molecule has 5 aromatic rings. The highest BCUT2D eigenvalue weighted by atomic mass is 32.1. The molecule has 0 unspecified atom stereocenters. The number of benzene rings is 2. The minimum atomic E-state index is -0.993. The molecule has 2 amide bonds. The molecule has 5 rings (SSSR count). The van der Waals surface area contributed by atoms with Crippen LogP contribution in [0.4, 0.5) is 13.2 Å². The van der Waals surface area contributed by atoms with Crippen LogP contribution < -0.4 is 11.1 Å². The number of carbonyl (C=O) groups excluding carboxylic acids is 2. The highest BCUT2D eigenvalue weighted by Gasteiger charge is 2.26. The number of nitrogens with zero attached hydrogens (tertiary/aromatic N) is 2. The minimum Gasteiger partial charge on any atom is -0.366 e. The molecule has 0 fully saturated rings. The van der Waals surface area contributed by atoms with Gasteiger partial charge in [-0.25, -0.2) is 18.2 Å². The number of amides is 2. The summed E-state index contributed by atoms with van der Waals surface area (Å²) in [6.45, 7) is 8.41. The standard InChI is InChI=1S/C33H29F3N4O2S/c1-4-21-17-40(16-19-5-8-22(34)9-6-19)32-28(21)30(29(31(37)41)25(39-32)13-18(2)3)26-11-12-27(43-26)33(42)38-15-20-7-10-23(35)24(36)14-20/h4-12,14,17-18H,1,13,15-16H2,2-3H3,(H2,37,41)(H,38,42). The van der Waals surface area contributed by atoms with Gasteiger partial charge in [-0.05, 0) is 59.9 Å². The van der Waals surface area contributed by atoms with Crippen LogP contribution in [0.25, 0.3) is 27.6 Å². The summed E-state index contributed by atoms with van der Waals surface area (Å²) >= 11 is 1.18. The largest absolute Gasteiger partial charge is 0.366 e. The quantitative estimate of drug-likeness (QED) is 0.179. The Labute approximate surface area is 250 Å². The molecular formula is C33H29F3N4O2S. The zero-order valence-corrected chi connectivity index (χ0v) is 24.4. The third-order valence-electron chi connectivity index (χ3n) is 6.96. The molecule has 0 bridgehead atoms. The molecule has 3 heterocycles. The molecule has 10 heteroatoms. The first-order chi connectivity index (χ1) is 20.5. The maximum absolute atomic E-state index is 13.6. The van der Waals surface area contributed by atoms with Gasteiger partial charge in [0.2, 0.25) is 0 Å². The predicted octanol–water partition coefficient (Wildman–Crippen LogP) is 7.10. The molecule has 0 saturated carbocycles. The molecular weight excluding hydrogens is 573 g/mol. The van der Waals surface area contributed by atoms with Crippen molar-refractivity contribution in [1.29, 1.82) is 0 Å². The van der Waals surface area contributed by atoms with E-state index in [0.29, 0.717) is 50.6 Å². The number of aromatic nitrogens is 2. The van der Waals surface area contributed by atoms with Crippen LogP contribution in [-0.4, -0.2) is 21.4 Å².